The van der Waals surface area contributed by atoms with Gasteiger partial charge in [0.2, 0.25) is 0 Å². The van der Waals surface area contributed by atoms with Crippen molar-refractivity contribution in [2.45, 2.75) is 71.8 Å². The minimum Gasteiger partial charge on any atom is -0.314 e. The summed E-state index contributed by atoms with van der Waals surface area (Å²) < 4.78 is 0. The van der Waals surface area contributed by atoms with Gasteiger partial charge >= 0.3 is 0 Å². The van der Waals surface area contributed by atoms with Crippen molar-refractivity contribution in [2.75, 3.05) is 26.2 Å². The molecule has 1 aliphatic heterocycles. The Morgan fingerprint density at radius 3 is 2.58 bits per heavy atom. The maximum atomic E-state index is 3.85. The van der Waals surface area contributed by atoms with Crippen LogP contribution in [0.2, 0.25) is 0 Å². The van der Waals surface area contributed by atoms with Crippen molar-refractivity contribution >= 4 is 0 Å². The summed E-state index contributed by atoms with van der Waals surface area (Å²) in [6.07, 6.45) is 9.81. The standard InChI is InChI=1S/C17H34N2/c1-15(14-19-11-4-5-12-19)13-18-16-7-6-9-17(2,3)10-8-16/h15-16,18H,4-14H2,1-3H3. The monoisotopic (exact) mass is 266 g/mol. The third-order valence-electron chi connectivity index (χ3n) is 5.10. The summed E-state index contributed by atoms with van der Waals surface area (Å²) in [6.45, 7) is 12.5. The van der Waals surface area contributed by atoms with E-state index in [2.05, 4.69) is 31.0 Å². The molecule has 0 radical (unpaired) electrons. The molecular formula is C17H34N2. The Hall–Kier alpha value is -0.0800. The van der Waals surface area contributed by atoms with E-state index in [-0.39, 0.29) is 0 Å². The van der Waals surface area contributed by atoms with Crippen molar-refractivity contribution in [2.24, 2.45) is 11.3 Å². The summed E-state index contributed by atoms with van der Waals surface area (Å²) in [5, 5.41) is 3.85. The van der Waals surface area contributed by atoms with Crippen molar-refractivity contribution in [1.82, 2.24) is 10.2 Å². The average Bonchev–Trinajstić information content (AvgIpc) is 2.78. The van der Waals surface area contributed by atoms with Crippen LogP contribution in [0, 0.1) is 11.3 Å². The van der Waals surface area contributed by atoms with Crippen LogP contribution in [-0.2, 0) is 0 Å². The van der Waals surface area contributed by atoms with Gasteiger partial charge in [0.1, 0.15) is 0 Å². The Balaban J connectivity index is 1.64. The number of likely N-dealkylation sites (tertiary alicyclic amines) is 1. The second-order valence-electron chi connectivity index (χ2n) is 7.81. The normalized spacial score (nSPS) is 30.2. The maximum absolute atomic E-state index is 3.85. The van der Waals surface area contributed by atoms with Gasteiger partial charge in [-0.1, -0.05) is 27.2 Å². The molecule has 0 aromatic carbocycles. The summed E-state index contributed by atoms with van der Waals surface area (Å²) in [5.74, 6) is 0.800. The first kappa shape index (κ1) is 15.3. The predicted molar refractivity (Wildman–Crippen MR) is 83.5 cm³/mol. The zero-order valence-electron chi connectivity index (χ0n) is 13.4. The Morgan fingerprint density at radius 2 is 1.84 bits per heavy atom. The van der Waals surface area contributed by atoms with Gasteiger partial charge in [0.05, 0.1) is 0 Å². The van der Waals surface area contributed by atoms with E-state index in [1.165, 1.54) is 71.1 Å². The van der Waals surface area contributed by atoms with Gasteiger partial charge in [-0.2, -0.15) is 0 Å². The molecule has 1 aliphatic carbocycles. The summed E-state index contributed by atoms with van der Waals surface area (Å²) in [5.41, 5.74) is 0.581. The molecule has 2 rings (SSSR count). The van der Waals surface area contributed by atoms with E-state index < -0.39 is 0 Å². The van der Waals surface area contributed by atoms with E-state index in [0.29, 0.717) is 5.41 Å². The second-order valence-corrected chi connectivity index (χ2v) is 7.81. The van der Waals surface area contributed by atoms with Crippen LogP contribution in [0.15, 0.2) is 0 Å². The van der Waals surface area contributed by atoms with Crippen molar-refractivity contribution in [3.8, 4) is 0 Å². The molecule has 2 fully saturated rings. The molecule has 1 saturated heterocycles. The summed E-state index contributed by atoms with van der Waals surface area (Å²) >= 11 is 0. The van der Waals surface area contributed by atoms with E-state index in [0.717, 1.165) is 12.0 Å². The average molecular weight is 266 g/mol. The molecule has 2 nitrogen and oxygen atoms in total. The van der Waals surface area contributed by atoms with Crippen LogP contribution in [0.5, 0.6) is 0 Å². The van der Waals surface area contributed by atoms with E-state index in [1.807, 2.05) is 0 Å². The maximum Gasteiger partial charge on any atom is 0.00673 e. The van der Waals surface area contributed by atoms with Crippen molar-refractivity contribution in [3.63, 3.8) is 0 Å². The number of nitrogens with one attached hydrogen (secondary N) is 1. The van der Waals surface area contributed by atoms with Crippen LogP contribution in [0.4, 0.5) is 0 Å². The Bertz CT molecular complexity index is 256. The van der Waals surface area contributed by atoms with Crippen LogP contribution in [-0.4, -0.2) is 37.1 Å². The lowest BCUT2D eigenvalue weighted by molar-refractivity contribution is 0.272. The minimum absolute atomic E-state index is 0.581. The Kier molecular flexibility index (Phi) is 5.70. The van der Waals surface area contributed by atoms with Gasteiger partial charge in [-0.25, -0.2) is 0 Å². The van der Waals surface area contributed by atoms with Crippen LogP contribution >= 0.6 is 0 Å². The molecule has 112 valence electrons. The molecule has 19 heavy (non-hydrogen) atoms. The highest BCUT2D eigenvalue weighted by Gasteiger charge is 2.24. The first-order chi connectivity index (χ1) is 9.05. The van der Waals surface area contributed by atoms with Gasteiger partial charge in [0.25, 0.3) is 0 Å². The third-order valence-corrected chi connectivity index (χ3v) is 5.10. The highest BCUT2D eigenvalue weighted by Crippen LogP contribution is 2.33. The van der Waals surface area contributed by atoms with E-state index >= 15 is 0 Å². The highest BCUT2D eigenvalue weighted by molar-refractivity contribution is 4.80. The highest BCUT2D eigenvalue weighted by atomic mass is 15.1. The van der Waals surface area contributed by atoms with Crippen LogP contribution in [0.25, 0.3) is 0 Å². The zero-order valence-corrected chi connectivity index (χ0v) is 13.4. The molecule has 2 aliphatic rings. The molecule has 1 heterocycles. The van der Waals surface area contributed by atoms with Crippen molar-refractivity contribution in [3.05, 3.63) is 0 Å². The first-order valence-electron chi connectivity index (χ1n) is 8.51. The van der Waals surface area contributed by atoms with Gasteiger partial charge in [0, 0.05) is 12.6 Å². The van der Waals surface area contributed by atoms with Gasteiger partial charge < -0.3 is 10.2 Å². The Morgan fingerprint density at radius 1 is 1.11 bits per heavy atom. The lowest BCUT2D eigenvalue weighted by Gasteiger charge is -2.24. The molecule has 0 aromatic rings. The smallest absolute Gasteiger partial charge is 0.00673 e. The fourth-order valence-corrected chi connectivity index (χ4v) is 3.70. The molecule has 2 atom stereocenters. The van der Waals surface area contributed by atoms with Crippen LogP contribution in [0.3, 0.4) is 0 Å². The van der Waals surface area contributed by atoms with Gasteiger partial charge in [-0.05, 0) is 69.5 Å². The number of hydrogen-bond acceptors (Lipinski definition) is 2. The quantitative estimate of drug-likeness (QED) is 0.764. The summed E-state index contributed by atoms with van der Waals surface area (Å²) in [6, 6.07) is 0.780. The lowest BCUT2D eigenvalue weighted by Crippen LogP contribution is -2.36. The number of rotatable bonds is 5. The topological polar surface area (TPSA) is 15.3 Å². The fourth-order valence-electron chi connectivity index (χ4n) is 3.70. The third kappa shape index (κ3) is 5.43. The van der Waals surface area contributed by atoms with Crippen molar-refractivity contribution in [1.29, 1.82) is 0 Å². The predicted octanol–water partition coefficient (Wildman–Crippen LogP) is 3.67. The molecule has 0 bridgehead atoms. The van der Waals surface area contributed by atoms with E-state index in [9.17, 15) is 0 Å². The fraction of sp³-hybridized carbons (Fsp3) is 1.00. The molecule has 1 saturated carbocycles. The van der Waals surface area contributed by atoms with Gasteiger partial charge in [0.15, 0.2) is 0 Å². The molecule has 0 amide bonds. The van der Waals surface area contributed by atoms with E-state index in [4.69, 9.17) is 0 Å². The second kappa shape index (κ2) is 7.08. The number of nitrogens with zero attached hydrogens (tertiary/aromatic N) is 1. The molecule has 2 heteroatoms. The first-order valence-corrected chi connectivity index (χ1v) is 8.51. The molecule has 0 spiro atoms. The largest absolute Gasteiger partial charge is 0.314 e. The minimum atomic E-state index is 0.581. The van der Waals surface area contributed by atoms with Gasteiger partial charge in [-0.15, -0.1) is 0 Å². The molecule has 0 aromatic heterocycles. The lowest BCUT2D eigenvalue weighted by atomic mass is 9.85. The Labute approximate surface area is 120 Å². The summed E-state index contributed by atoms with van der Waals surface area (Å²) in [4.78, 5) is 2.64. The zero-order chi connectivity index (χ0) is 13.7. The number of hydrogen-bond donors (Lipinski definition) is 1. The van der Waals surface area contributed by atoms with Crippen LogP contribution in [0.1, 0.15) is 65.7 Å². The SMILES string of the molecule is CC(CNC1CCCC(C)(C)CC1)CN1CCCC1. The van der Waals surface area contributed by atoms with Gasteiger partial charge in [-0.3, -0.25) is 0 Å². The van der Waals surface area contributed by atoms with E-state index in [1.54, 1.807) is 0 Å². The van der Waals surface area contributed by atoms with Crippen LogP contribution < -0.4 is 5.32 Å². The molecule has 2 unspecified atom stereocenters. The molecule has 1 N–H and O–H groups in total. The molecular weight excluding hydrogens is 232 g/mol. The van der Waals surface area contributed by atoms with Crippen molar-refractivity contribution < 1.29 is 0 Å². The summed E-state index contributed by atoms with van der Waals surface area (Å²) in [7, 11) is 0.